The summed E-state index contributed by atoms with van der Waals surface area (Å²) in [5.41, 5.74) is 1.14. The predicted molar refractivity (Wildman–Crippen MR) is 83.6 cm³/mol. The molecular weight excluding hydrogens is 266 g/mol. The Morgan fingerprint density at radius 2 is 2.05 bits per heavy atom. The van der Waals surface area contributed by atoms with Crippen LogP contribution in [0, 0.1) is 0 Å². The van der Waals surface area contributed by atoms with Gasteiger partial charge in [0, 0.05) is 30.7 Å². The summed E-state index contributed by atoms with van der Waals surface area (Å²) in [4.78, 5) is 25.9. The Labute approximate surface area is 125 Å². The average molecular weight is 289 g/mol. The van der Waals surface area contributed by atoms with Crippen LogP contribution >= 0.6 is 0 Å². The van der Waals surface area contributed by atoms with Crippen LogP contribution in [0.25, 0.3) is 0 Å². The standard InChI is InChI=1S/C16H23N3O2/c1-11-9-19(12(2)8-17-11)10-16(21)18-15-7-5-4-6-14(15)13(3)20/h4-7,11-12,17H,8-10H2,1-3H3,(H,18,21). The van der Waals surface area contributed by atoms with Crippen LogP contribution in [0.2, 0.25) is 0 Å². The van der Waals surface area contributed by atoms with Crippen molar-refractivity contribution in [3.8, 4) is 0 Å². The summed E-state index contributed by atoms with van der Waals surface area (Å²) in [6.07, 6.45) is 0. The van der Waals surface area contributed by atoms with Gasteiger partial charge in [0.2, 0.25) is 5.91 Å². The van der Waals surface area contributed by atoms with Gasteiger partial charge in [-0.1, -0.05) is 12.1 Å². The third-order valence-electron chi connectivity index (χ3n) is 3.82. The number of para-hydroxylation sites is 1. The maximum Gasteiger partial charge on any atom is 0.238 e. The van der Waals surface area contributed by atoms with Gasteiger partial charge in [0.1, 0.15) is 0 Å². The fourth-order valence-corrected chi connectivity index (χ4v) is 2.59. The Bertz CT molecular complexity index is 530. The second-order valence-corrected chi connectivity index (χ2v) is 5.74. The first kappa shape index (κ1) is 15.7. The summed E-state index contributed by atoms with van der Waals surface area (Å²) in [6, 6.07) is 7.82. The summed E-state index contributed by atoms with van der Waals surface area (Å²) >= 11 is 0. The molecule has 114 valence electrons. The third kappa shape index (κ3) is 4.12. The predicted octanol–water partition coefficient (Wildman–Crippen LogP) is 1.51. The van der Waals surface area contributed by atoms with Gasteiger partial charge in [-0.15, -0.1) is 0 Å². The number of ketones is 1. The van der Waals surface area contributed by atoms with Crippen molar-refractivity contribution in [2.75, 3.05) is 25.0 Å². The van der Waals surface area contributed by atoms with E-state index in [9.17, 15) is 9.59 Å². The number of anilines is 1. The summed E-state index contributed by atoms with van der Waals surface area (Å²) in [7, 11) is 0. The lowest BCUT2D eigenvalue weighted by Gasteiger charge is -2.36. The molecule has 1 saturated heterocycles. The van der Waals surface area contributed by atoms with Gasteiger partial charge in [0.05, 0.1) is 12.2 Å². The van der Waals surface area contributed by atoms with E-state index in [2.05, 4.69) is 29.4 Å². The van der Waals surface area contributed by atoms with E-state index in [1.807, 2.05) is 6.07 Å². The zero-order valence-corrected chi connectivity index (χ0v) is 12.8. The second kappa shape index (κ2) is 6.83. The summed E-state index contributed by atoms with van der Waals surface area (Å²) in [5.74, 6) is -0.125. The minimum Gasteiger partial charge on any atom is -0.324 e. The first-order valence-corrected chi connectivity index (χ1v) is 7.34. The number of nitrogens with one attached hydrogen (secondary N) is 2. The maximum absolute atomic E-state index is 12.2. The molecule has 1 amide bonds. The monoisotopic (exact) mass is 289 g/mol. The van der Waals surface area contributed by atoms with Crippen molar-refractivity contribution in [3.63, 3.8) is 0 Å². The van der Waals surface area contributed by atoms with Crippen LogP contribution in [0.3, 0.4) is 0 Å². The van der Waals surface area contributed by atoms with Crippen LogP contribution in [-0.4, -0.2) is 48.3 Å². The minimum absolute atomic E-state index is 0.0462. The number of benzene rings is 1. The molecule has 2 rings (SSSR count). The molecule has 1 aliphatic rings. The van der Waals surface area contributed by atoms with Gasteiger partial charge in [0.15, 0.2) is 5.78 Å². The van der Waals surface area contributed by atoms with Crippen LogP contribution in [0.4, 0.5) is 5.69 Å². The molecule has 2 N–H and O–H groups in total. The Balaban J connectivity index is 2.00. The largest absolute Gasteiger partial charge is 0.324 e. The molecule has 5 nitrogen and oxygen atoms in total. The molecule has 0 bridgehead atoms. The summed E-state index contributed by atoms with van der Waals surface area (Å²) < 4.78 is 0. The Morgan fingerprint density at radius 1 is 1.33 bits per heavy atom. The van der Waals surface area contributed by atoms with E-state index in [0.29, 0.717) is 29.9 Å². The molecule has 2 atom stereocenters. The van der Waals surface area contributed by atoms with Crippen molar-refractivity contribution in [1.82, 2.24) is 10.2 Å². The van der Waals surface area contributed by atoms with Crippen molar-refractivity contribution in [2.45, 2.75) is 32.9 Å². The number of rotatable bonds is 4. The van der Waals surface area contributed by atoms with E-state index in [0.717, 1.165) is 13.1 Å². The topological polar surface area (TPSA) is 61.4 Å². The van der Waals surface area contributed by atoms with Crippen molar-refractivity contribution in [1.29, 1.82) is 0 Å². The van der Waals surface area contributed by atoms with Crippen LogP contribution in [-0.2, 0) is 4.79 Å². The molecule has 1 fully saturated rings. The van der Waals surface area contributed by atoms with Gasteiger partial charge in [-0.05, 0) is 32.9 Å². The van der Waals surface area contributed by atoms with Gasteiger partial charge in [-0.2, -0.15) is 0 Å². The Morgan fingerprint density at radius 3 is 2.76 bits per heavy atom. The number of carbonyl (C=O) groups excluding carboxylic acids is 2. The number of hydrogen-bond donors (Lipinski definition) is 2. The summed E-state index contributed by atoms with van der Waals surface area (Å²) in [6.45, 7) is 7.81. The highest BCUT2D eigenvalue weighted by atomic mass is 16.2. The molecule has 0 aliphatic carbocycles. The number of amides is 1. The average Bonchev–Trinajstić information content (AvgIpc) is 2.43. The molecule has 5 heteroatoms. The van der Waals surface area contributed by atoms with E-state index in [-0.39, 0.29) is 11.7 Å². The van der Waals surface area contributed by atoms with Crippen LogP contribution < -0.4 is 10.6 Å². The second-order valence-electron chi connectivity index (χ2n) is 5.74. The summed E-state index contributed by atoms with van der Waals surface area (Å²) in [5, 5.41) is 6.24. The number of hydrogen-bond acceptors (Lipinski definition) is 4. The molecule has 1 aromatic rings. The zero-order valence-electron chi connectivity index (χ0n) is 12.8. The SMILES string of the molecule is CC(=O)c1ccccc1NC(=O)CN1CC(C)NCC1C. The Hall–Kier alpha value is -1.72. The van der Waals surface area contributed by atoms with Crippen LogP contribution in [0.15, 0.2) is 24.3 Å². The lowest BCUT2D eigenvalue weighted by atomic mass is 10.1. The molecule has 0 aromatic heterocycles. The van der Waals surface area contributed by atoms with Gasteiger partial charge in [-0.25, -0.2) is 0 Å². The first-order valence-electron chi connectivity index (χ1n) is 7.34. The van der Waals surface area contributed by atoms with Crippen molar-refractivity contribution in [2.24, 2.45) is 0 Å². The quantitative estimate of drug-likeness (QED) is 0.825. The lowest BCUT2D eigenvalue weighted by Crippen LogP contribution is -2.55. The number of carbonyl (C=O) groups is 2. The smallest absolute Gasteiger partial charge is 0.238 e. The van der Waals surface area contributed by atoms with E-state index in [4.69, 9.17) is 0 Å². The highest BCUT2D eigenvalue weighted by Crippen LogP contribution is 2.16. The third-order valence-corrected chi connectivity index (χ3v) is 3.82. The molecule has 1 aliphatic heterocycles. The van der Waals surface area contributed by atoms with Gasteiger partial charge in [0.25, 0.3) is 0 Å². The molecule has 2 unspecified atom stereocenters. The molecular formula is C16H23N3O2. The van der Waals surface area contributed by atoms with Crippen molar-refractivity contribution in [3.05, 3.63) is 29.8 Å². The van der Waals surface area contributed by atoms with Gasteiger partial charge < -0.3 is 10.6 Å². The molecule has 1 aromatic carbocycles. The van der Waals surface area contributed by atoms with Crippen LogP contribution in [0.5, 0.6) is 0 Å². The zero-order chi connectivity index (χ0) is 15.4. The normalized spacial score (nSPS) is 22.8. The highest BCUT2D eigenvalue weighted by Gasteiger charge is 2.24. The molecule has 0 saturated carbocycles. The van der Waals surface area contributed by atoms with E-state index < -0.39 is 0 Å². The van der Waals surface area contributed by atoms with Gasteiger partial charge in [-0.3, -0.25) is 14.5 Å². The minimum atomic E-state index is -0.0790. The van der Waals surface area contributed by atoms with Crippen LogP contribution in [0.1, 0.15) is 31.1 Å². The van der Waals surface area contributed by atoms with Crippen molar-refractivity contribution >= 4 is 17.4 Å². The highest BCUT2D eigenvalue weighted by molar-refractivity contribution is 6.04. The maximum atomic E-state index is 12.2. The Kier molecular flexibility index (Phi) is 5.09. The lowest BCUT2D eigenvalue weighted by molar-refractivity contribution is -0.118. The molecule has 0 radical (unpaired) electrons. The number of piperazine rings is 1. The fourth-order valence-electron chi connectivity index (χ4n) is 2.59. The van der Waals surface area contributed by atoms with E-state index in [1.54, 1.807) is 18.2 Å². The fraction of sp³-hybridized carbons (Fsp3) is 0.500. The molecule has 21 heavy (non-hydrogen) atoms. The molecule has 0 spiro atoms. The van der Waals surface area contributed by atoms with E-state index >= 15 is 0 Å². The first-order chi connectivity index (χ1) is 9.97. The molecule has 1 heterocycles. The number of Topliss-reactive ketones (excluding diaryl/α,β-unsaturated/α-hetero) is 1. The van der Waals surface area contributed by atoms with E-state index in [1.165, 1.54) is 6.92 Å². The van der Waals surface area contributed by atoms with Gasteiger partial charge >= 0.3 is 0 Å². The van der Waals surface area contributed by atoms with Crippen molar-refractivity contribution < 1.29 is 9.59 Å². The number of nitrogens with zero attached hydrogens (tertiary/aromatic N) is 1.